The SMILES string of the molecule is C1=C(OCC2CO2)C2CCC1C2. The van der Waals surface area contributed by atoms with Gasteiger partial charge in [0.2, 0.25) is 0 Å². The van der Waals surface area contributed by atoms with Crippen molar-refractivity contribution in [1.82, 2.24) is 0 Å². The largest absolute Gasteiger partial charge is 0.495 e. The molecular weight excluding hydrogens is 152 g/mol. The number of rotatable bonds is 3. The van der Waals surface area contributed by atoms with E-state index in [4.69, 9.17) is 9.47 Å². The van der Waals surface area contributed by atoms with E-state index in [1.54, 1.807) is 0 Å². The van der Waals surface area contributed by atoms with Crippen molar-refractivity contribution < 1.29 is 9.47 Å². The molecule has 0 N–H and O–H groups in total. The van der Waals surface area contributed by atoms with Crippen molar-refractivity contribution in [2.24, 2.45) is 11.8 Å². The van der Waals surface area contributed by atoms with Gasteiger partial charge in [0.1, 0.15) is 12.7 Å². The highest BCUT2D eigenvalue weighted by atomic mass is 16.6. The quantitative estimate of drug-likeness (QED) is 0.595. The van der Waals surface area contributed by atoms with Crippen LogP contribution in [-0.4, -0.2) is 19.3 Å². The molecule has 1 heterocycles. The fourth-order valence-corrected chi connectivity index (χ4v) is 2.31. The van der Waals surface area contributed by atoms with E-state index in [1.807, 2.05) is 0 Å². The van der Waals surface area contributed by atoms with E-state index in [9.17, 15) is 0 Å². The Morgan fingerprint density at radius 2 is 2.42 bits per heavy atom. The summed E-state index contributed by atoms with van der Waals surface area (Å²) >= 11 is 0. The van der Waals surface area contributed by atoms with Gasteiger partial charge in [0.25, 0.3) is 0 Å². The van der Waals surface area contributed by atoms with E-state index in [0.29, 0.717) is 6.10 Å². The van der Waals surface area contributed by atoms with Gasteiger partial charge in [0, 0.05) is 5.92 Å². The molecule has 0 spiro atoms. The van der Waals surface area contributed by atoms with Gasteiger partial charge >= 0.3 is 0 Å². The molecule has 1 saturated carbocycles. The first-order valence-electron chi connectivity index (χ1n) is 4.88. The molecule has 2 aliphatic carbocycles. The van der Waals surface area contributed by atoms with Crippen LogP contribution in [-0.2, 0) is 9.47 Å². The second kappa shape index (κ2) is 2.49. The van der Waals surface area contributed by atoms with Crippen molar-refractivity contribution in [3.8, 4) is 0 Å². The molecule has 3 atom stereocenters. The first kappa shape index (κ1) is 6.96. The van der Waals surface area contributed by atoms with Crippen LogP contribution in [0.3, 0.4) is 0 Å². The van der Waals surface area contributed by atoms with Crippen LogP contribution in [0.15, 0.2) is 11.8 Å². The number of hydrogen-bond donors (Lipinski definition) is 0. The Morgan fingerprint density at radius 3 is 3.00 bits per heavy atom. The highest BCUT2D eigenvalue weighted by Crippen LogP contribution is 2.44. The zero-order chi connectivity index (χ0) is 7.97. The second-order valence-electron chi connectivity index (χ2n) is 4.11. The molecule has 12 heavy (non-hydrogen) atoms. The van der Waals surface area contributed by atoms with E-state index in [-0.39, 0.29) is 0 Å². The van der Waals surface area contributed by atoms with Gasteiger partial charge in [-0.25, -0.2) is 0 Å². The third-order valence-electron chi connectivity index (χ3n) is 3.11. The van der Waals surface area contributed by atoms with Gasteiger partial charge in [-0.05, 0) is 31.3 Å². The number of allylic oxidation sites excluding steroid dienone is 2. The molecule has 0 aromatic rings. The van der Waals surface area contributed by atoms with E-state index in [0.717, 1.165) is 25.0 Å². The van der Waals surface area contributed by atoms with Crippen LogP contribution in [0.4, 0.5) is 0 Å². The summed E-state index contributed by atoms with van der Waals surface area (Å²) in [5.41, 5.74) is 0. The highest BCUT2D eigenvalue weighted by Gasteiger charge is 2.35. The Morgan fingerprint density at radius 1 is 1.50 bits per heavy atom. The van der Waals surface area contributed by atoms with Crippen molar-refractivity contribution in [2.45, 2.75) is 25.4 Å². The monoisotopic (exact) mass is 166 g/mol. The van der Waals surface area contributed by atoms with E-state index in [1.165, 1.54) is 25.0 Å². The minimum absolute atomic E-state index is 0.407. The zero-order valence-electron chi connectivity index (χ0n) is 7.16. The van der Waals surface area contributed by atoms with Gasteiger partial charge in [0.15, 0.2) is 0 Å². The second-order valence-corrected chi connectivity index (χ2v) is 4.11. The number of epoxide rings is 1. The van der Waals surface area contributed by atoms with Crippen LogP contribution in [0.5, 0.6) is 0 Å². The minimum atomic E-state index is 0.407. The molecule has 0 aromatic carbocycles. The summed E-state index contributed by atoms with van der Waals surface area (Å²) in [5.74, 6) is 2.86. The summed E-state index contributed by atoms with van der Waals surface area (Å²) < 4.78 is 10.8. The Kier molecular flexibility index (Phi) is 1.44. The van der Waals surface area contributed by atoms with Crippen LogP contribution >= 0.6 is 0 Å². The van der Waals surface area contributed by atoms with Crippen LogP contribution in [0.1, 0.15) is 19.3 Å². The standard InChI is InChI=1S/C10H14O2/c1-2-8-3-7(1)4-10(8)12-6-9-5-11-9/h4,7-9H,1-3,5-6H2. The van der Waals surface area contributed by atoms with Gasteiger partial charge in [-0.1, -0.05) is 0 Å². The lowest BCUT2D eigenvalue weighted by Gasteiger charge is -2.13. The maximum absolute atomic E-state index is 5.70. The predicted molar refractivity (Wildman–Crippen MR) is 44.6 cm³/mol. The Labute approximate surface area is 72.5 Å². The average Bonchev–Trinajstić information content (AvgIpc) is 2.69. The van der Waals surface area contributed by atoms with Crippen molar-refractivity contribution in [1.29, 1.82) is 0 Å². The fraction of sp³-hybridized carbons (Fsp3) is 0.800. The zero-order valence-corrected chi connectivity index (χ0v) is 7.16. The summed E-state index contributed by atoms with van der Waals surface area (Å²) in [7, 11) is 0. The molecule has 0 amide bonds. The number of fused-ring (bicyclic) bond motifs is 2. The lowest BCUT2D eigenvalue weighted by Crippen LogP contribution is -2.06. The molecule has 2 heteroatoms. The molecule has 66 valence electrons. The molecule has 0 aromatic heterocycles. The molecule has 1 saturated heterocycles. The van der Waals surface area contributed by atoms with Crippen molar-refractivity contribution in [3.63, 3.8) is 0 Å². The first-order valence-corrected chi connectivity index (χ1v) is 4.88. The molecule has 3 rings (SSSR count). The summed E-state index contributed by atoms with van der Waals surface area (Å²) in [6.07, 6.45) is 6.82. The van der Waals surface area contributed by atoms with Crippen molar-refractivity contribution in [3.05, 3.63) is 11.8 Å². The fourth-order valence-electron chi connectivity index (χ4n) is 2.31. The van der Waals surface area contributed by atoms with Crippen LogP contribution < -0.4 is 0 Å². The van der Waals surface area contributed by atoms with Gasteiger partial charge in [0.05, 0.1) is 12.4 Å². The summed E-state index contributed by atoms with van der Waals surface area (Å²) in [6, 6.07) is 0. The van der Waals surface area contributed by atoms with Crippen LogP contribution in [0.2, 0.25) is 0 Å². The Bertz CT molecular complexity index is 218. The molecule has 2 nitrogen and oxygen atoms in total. The van der Waals surface area contributed by atoms with Gasteiger partial charge < -0.3 is 9.47 Å². The lowest BCUT2D eigenvalue weighted by atomic mass is 10.1. The van der Waals surface area contributed by atoms with E-state index < -0.39 is 0 Å². The van der Waals surface area contributed by atoms with E-state index >= 15 is 0 Å². The number of ether oxygens (including phenoxy) is 2. The van der Waals surface area contributed by atoms with Crippen LogP contribution in [0.25, 0.3) is 0 Å². The number of hydrogen-bond acceptors (Lipinski definition) is 2. The topological polar surface area (TPSA) is 21.8 Å². The van der Waals surface area contributed by atoms with Gasteiger partial charge in [-0.15, -0.1) is 0 Å². The Hall–Kier alpha value is -0.500. The molecule has 2 fully saturated rings. The van der Waals surface area contributed by atoms with Crippen molar-refractivity contribution in [2.75, 3.05) is 13.2 Å². The van der Waals surface area contributed by atoms with Gasteiger partial charge in [-0.2, -0.15) is 0 Å². The molecule has 3 aliphatic rings. The van der Waals surface area contributed by atoms with Crippen LogP contribution in [0, 0.1) is 11.8 Å². The third kappa shape index (κ3) is 1.14. The minimum Gasteiger partial charge on any atom is -0.495 e. The maximum Gasteiger partial charge on any atom is 0.116 e. The molecular formula is C10H14O2. The predicted octanol–water partition coefficient (Wildman–Crippen LogP) is 1.72. The summed E-state index contributed by atoms with van der Waals surface area (Å²) in [6.45, 7) is 1.69. The molecule has 2 bridgehead atoms. The summed E-state index contributed by atoms with van der Waals surface area (Å²) in [5, 5.41) is 0. The Balaban J connectivity index is 1.58. The molecule has 0 radical (unpaired) electrons. The van der Waals surface area contributed by atoms with E-state index in [2.05, 4.69) is 6.08 Å². The average molecular weight is 166 g/mol. The highest BCUT2D eigenvalue weighted by molar-refractivity contribution is 5.14. The molecule has 3 unspecified atom stereocenters. The first-order chi connectivity index (χ1) is 5.92. The smallest absolute Gasteiger partial charge is 0.116 e. The van der Waals surface area contributed by atoms with Crippen molar-refractivity contribution >= 4 is 0 Å². The third-order valence-corrected chi connectivity index (χ3v) is 3.11. The maximum atomic E-state index is 5.70. The van der Waals surface area contributed by atoms with Gasteiger partial charge in [-0.3, -0.25) is 0 Å². The normalized spacial score (nSPS) is 43.0. The lowest BCUT2D eigenvalue weighted by molar-refractivity contribution is 0.158. The summed E-state index contributed by atoms with van der Waals surface area (Å²) in [4.78, 5) is 0. The molecule has 1 aliphatic heterocycles.